The second kappa shape index (κ2) is 8.50. The predicted molar refractivity (Wildman–Crippen MR) is 102 cm³/mol. The fraction of sp³-hybridized carbons (Fsp3) is 0.650. The van der Waals surface area contributed by atoms with Crippen LogP contribution in [0.2, 0.25) is 0 Å². The Kier molecular flexibility index (Phi) is 6.10. The maximum Gasteiger partial charge on any atom is 0.225 e. The standard InChI is InChI=1S/C20H29N5O/c1-15(2)24-9-11-25(12-10-24)20(26)17-4-6-18(7-5-17)23-19-8-3-16(13-21)14-22-19/h3,8,14-15,17-18H,4-7,9-12H2,1-2H3,(H,22,23)/t17-,18-. The molecule has 1 aliphatic heterocycles. The van der Waals surface area contributed by atoms with E-state index in [1.54, 1.807) is 12.3 Å². The molecule has 6 nitrogen and oxygen atoms in total. The molecule has 1 aromatic heterocycles. The average molecular weight is 355 g/mol. The molecule has 26 heavy (non-hydrogen) atoms. The van der Waals surface area contributed by atoms with Gasteiger partial charge in [-0.15, -0.1) is 0 Å². The van der Waals surface area contributed by atoms with Gasteiger partial charge in [0.25, 0.3) is 0 Å². The fourth-order valence-electron chi connectivity index (χ4n) is 3.96. The smallest absolute Gasteiger partial charge is 0.225 e. The van der Waals surface area contributed by atoms with E-state index in [9.17, 15) is 4.79 Å². The van der Waals surface area contributed by atoms with E-state index in [0.29, 0.717) is 23.6 Å². The van der Waals surface area contributed by atoms with Crippen molar-refractivity contribution < 1.29 is 4.79 Å². The molecule has 1 N–H and O–H groups in total. The third kappa shape index (κ3) is 4.53. The van der Waals surface area contributed by atoms with Crippen LogP contribution in [-0.4, -0.2) is 59.0 Å². The SMILES string of the molecule is CC(C)N1CCN(C(=O)[C@H]2CC[C@H](Nc3ccc(C#N)cn3)CC2)CC1. The number of piperazine rings is 1. The number of carbonyl (C=O) groups excluding carboxylic acids is 1. The minimum absolute atomic E-state index is 0.174. The number of rotatable bonds is 4. The van der Waals surface area contributed by atoms with Crippen molar-refractivity contribution in [2.45, 2.75) is 51.6 Å². The summed E-state index contributed by atoms with van der Waals surface area (Å²) in [5, 5.41) is 12.3. The van der Waals surface area contributed by atoms with E-state index >= 15 is 0 Å². The Hall–Kier alpha value is -2.13. The van der Waals surface area contributed by atoms with Crippen LogP contribution in [0.25, 0.3) is 0 Å². The van der Waals surface area contributed by atoms with Crippen LogP contribution in [0.5, 0.6) is 0 Å². The van der Waals surface area contributed by atoms with Gasteiger partial charge in [0.2, 0.25) is 5.91 Å². The van der Waals surface area contributed by atoms with Crippen LogP contribution in [0, 0.1) is 17.2 Å². The van der Waals surface area contributed by atoms with Crippen LogP contribution in [0.4, 0.5) is 5.82 Å². The van der Waals surface area contributed by atoms with Gasteiger partial charge < -0.3 is 10.2 Å². The molecule has 2 fully saturated rings. The van der Waals surface area contributed by atoms with Gasteiger partial charge in [-0.1, -0.05) is 0 Å². The summed E-state index contributed by atoms with van der Waals surface area (Å²) in [7, 11) is 0. The zero-order valence-corrected chi connectivity index (χ0v) is 15.8. The summed E-state index contributed by atoms with van der Waals surface area (Å²) < 4.78 is 0. The molecule has 0 spiro atoms. The quantitative estimate of drug-likeness (QED) is 0.898. The highest BCUT2D eigenvalue weighted by atomic mass is 16.2. The third-order valence-corrected chi connectivity index (χ3v) is 5.68. The predicted octanol–water partition coefficient (Wildman–Crippen LogP) is 2.48. The maximum atomic E-state index is 12.8. The fourth-order valence-corrected chi connectivity index (χ4v) is 3.96. The number of nitrogens with one attached hydrogen (secondary N) is 1. The summed E-state index contributed by atoms with van der Waals surface area (Å²) in [4.78, 5) is 21.6. The van der Waals surface area contributed by atoms with Crippen molar-refractivity contribution in [2.24, 2.45) is 5.92 Å². The van der Waals surface area contributed by atoms with Crippen molar-refractivity contribution in [3.63, 3.8) is 0 Å². The molecule has 0 aromatic carbocycles. The van der Waals surface area contributed by atoms with Crippen molar-refractivity contribution in [3.05, 3.63) is 23.9 Å². The molecule has 1 saturated carbocycles. The molecule has 2 aliphatic rings. The van der Waals surface area contributed by atoms with Crippen LogP contribution in [0.3, 0.4) is 0 Å². The van der Waals surface area contributed by atoms with Crippen molar-refractivity contribution in [3.8, 4) is 6.07 Å². The summed E-state index contributed by atoms with van der Waals surface area (Å²) in [6.07, 6.45) is 5.46. The summed E-state index contributed by atoms with van der Waals surface area (Å²) in [6.45, 7) is 8.15. The third-order valence-electron chi connectivity index (χ3n) is 5.68. The van der Waals surface area contributed by atoms with Crippen molar-refractivity contribution >= 4 is 11.7 Å². The Bertz CT molecular complexity index is 635. The van der Waals surface area contributed by atoms with Gasteiger partial charge in [0.05, 0.1) is 5.56 Å². The van der Waals surface area contributed by atoms with Gasteiger partial charge in [-0.25, -0.2) is 4.98 Å². The molecule has 140 valence electrons. The molecule has 1 saturated heterocycles. The molecule has 1 aromatic rings. The second-order valence-electron chi connectivity index (χ2n) is 7.69. The van der Waals surface area contributed by atoms with Crippen molar-refractivity contribution in [1.29, 1.82) is 5.26 Å². The first kappa shape index (κ1) is 18.7. The first-order chi connectivity index (χ1) is 12.6. The molecule has 2 heterocycles. The van der Waals surface area contributed by atoms with Crippen molar-refractivity contribution in [2.75, 3.05) is 31.5 Å². The molecule has 0 atom stereocenters. The Morgan fingerprint density at radius 1 is 1.19 bits per heavy atom. The Labute approximate surface area is 156 Å². The summed E-state index contributed by atoms with van der Waals surface area (Å²) in [6, 6.07) is 6.63. The zero-order chi connectivity index (χ0) is 18.5. The largest absolute Gasteiger partial charge is 0.367 e. The van der Waals surface area contributed by atoms with E-state index in [1.807, 2.05) is 6.07 Å². The maximum absolute atomic E-state index is 12.8. The van der Waals surface area contributed by atoms with Crippen LogP contribution in [-0.2, 0) is 4.79 Å². The Morgan fingerprint density at radius 2 is 1.88 bits per heavy atom. The highest BCUT2D eigenvalue weighted by Gasteiger charge is 2.31. The number of carbonyl (C=O) groups is 1. The lowest BCUT2D eigenvalue weighted by Crippen LogP contribution is -2.52. The lowest BCUT2D eigenvalue weighted by molar-refractivity contribution is -0.138. The highest BCUT2D eigenvalue weighted by Crippen LogP contribution is 2.28. The zero-order valence-electron chi connectivity index (χ0n) is 15.8. The molecule has 0 radical (unpaired) electrons. The Balaban J connectivity index is 1.44. The number of hydrogen-bond acceptors (Lipinski definition) is 5. The lowest BCUT2D eigenvalue weighted by atomic mass is 9.85. The number of amides is 1. The lowest BCUT2D eigenvalue weighted by Gasteiger charge is -2.39. The molecule has 1 aliphatic carbocycles. The number of aromatic nitrogens is 1. The van der Waals surface area contributed by atoms with Crippen LogP contribution < -0.4 is 5.32 Å². The molecular formula is C20H29N5O. The normalized spacial score (nSPS) is 24.3. The molecule has 0 bridgehead atoms. The number of anilines is 1. The summed E-state index contributed by atoms with van der Waals surface area (Å²) in [5.74, 6) is 1.33. The topological polar surface area (TPSA) is 72.3 Å². The average Bonchev–Trinajstić information content (AvgIpc) is 2.69. The minimum atomic E-state index is 0.174. The van der Waals surface area contributed by atoms with Gasteiger partial charge in [-0.05, 0) is 51.7 Å². The van der Waals surface area contributed by atoms with E-state index in [4.69, 9.17) is 5.26 Å². The van der Waals surface area contributed by atoms with E-state index in [1.165, 1.54) is 0 Å². The number of pyridine rings is 1. The number of nitrogens with zero attached hydrogens (tertiary/aromatic N) is 4. The summed E-state index contributed by atoms with van der Waals surface area (Å²) >= 11 is 0. The molecule has 0 unspecified atom stereocenters. The monoisotopic (exact) mass is 355 g/mol. The van der Waals surface area contributed by atoms with Gasteiger partial charge in [0.15, 0.2) is 0 Å². The van der Waals surface area contributed by atoms with Crippen LogP contribution in [0.15, 0.2) is 18.3 Å². The summed E-state index contributed by atoms with van der Waals surface area (Å²) in [5.41, 5.74) is 0.572. The van der Waals surface area contributed by atoms with E-state index < -0.39 is 0 Å². The van der Waals surface area contributed by atoms with Gasteiger partial charge in [0, 0.05) is 50.4 Å². The number of hydrogen-bond donors (Lipinski definition) is 1. The molecule has 1 amide bonds. The Morgan fingerprint density at radius 3 is 2.42 bits per heavy atom. The van der Waals surface area contributed by atoms with Gasteiger partial charge in [-0.2, -0.15) is 5.26 Å². The van der Waals surface area contributed by atoms with Gasteiger partial charge >= 0.3 is 0 Å². The van der Waals surface area contributed by atoms with Gasteiger partial charge in [-0.3, -0.25) is 9.69 Å². The van der Waals surface area contributed by atoms with Crippen molar-refractivity contribution in [1.82, 2.24) is 14.8 Å². The first-order valence-corrected chi connectivity index (χ1v) is 9.72. The van der Waals surface area contributed by atoms with Gasteiger partial charge in [0.1, 0.15) is 11.9 Å². The highest BCUT2D eigenvalue weighted by molar-refractivity contribution is 5.79. The van der Waals surface area contributed by atoms with Crippen LogP contribution >= 0.6 is 0 Å². The molecular weight excluding hydrogens is 326 g/mol. The van der Waals surface area contributed by atoms with E-state index in [-0.39, 0.29) is 5.92 Å². The molecule has 3 rings (SSSR count). The number of nitriles is 1. The minimum Gasteiger partial charge on any atom is -0.367 e. The first-order valence-electron chi connectivity index (χ1n) is 9.72. The second-order valence-corrected chi connectivity index (χ2v) is 7.69. The van der Waals surface area contributed by atoms with Crippen LogP contribution in [0.1, 0.15) is 45.1 Å². The van der Waals surface area contributed by atoms with E-state index in [0.717, 1.165) is 57.7 Å². The van der Waals surface area contributed by atoms with E-state index in [2.05, 4.69) is 40.0 Å². The molecule has 6 heteroatoms.